The summed E-state index contributed by atoms with van der Waals surface area (Å²) in [6, 6.07) is 0. The summed E-state index contributed by atoms with van der Waals surface area (Å²) in [5.41, 5.74) is 0. The third-order valence-electron chi connectivity index (χ3n) is 1.64. The van der Waals surface area contributed by atoms with Gasteiger partial charge in [0, 0.05) is 0 Å². The van der Waals surface area contributed by atoms with Crippen LogP contribution < -0.4 is 0 Å². The first-order chi connectivity index (χ1) is 4.67. The summed E-state index contributed by atoms with van der Waals surface area (Å²) in [5.74, 6) is 6.13. The first-order valence-electron chi connectivity index (χ1n) is 3.35. The second-order valence-electron chi connectivity index (χ2n) is 2.78. The third kappa shape index (κ3) is 1.38. The van der Waals surface area contributed by atoms with Gasteiger partial charge in [-0.15, -0.1) is 5.92 Å². The Morgan fingerprint density at radius 3 is 2.60 bits per heavy atom. The van der Waals surface area contributed by atoms with Crippen LogP contribution in [-0.2, 0) is 0 Å². The minimum Gasteiger partial charge on any atom is -0.208 e. The molecule has 1 heteroatoms. The second kappa shape index (κ2) is 2.72. The molecule has 1 rings (SSSR count). The van der Waals surface area contributed by atoms with Crippen LogP contribution in [0.5, 0.6) is 0 Å². The van der Waals surface area contributed by atoms with Crippen molar-refractivity contribution in [1.29, 1.82) is 0 Å². The summed E-state index contributed by atoms with van der Waals surface area (Å²) in [4.78, 5) is 0. The molecule has 0 N–H and O–H groups in total. The topological polar surface area (TPSA) is 0 Å². The molecule has 0 fully saturated rings. The zero-order valence-corrected chi connectivity index (χ0v) is 7.59. The van der Waals surface area contributed by atoms with Gasteiger partial charge in [-0.3, -0.25) is 0 Å². The lowest BCUT2D eigenvalue weighted by molar-refractivity contribution is 1.29. The zero-order valence-electron chi connectivity index (χ0n) is 6.77. The Balaban J connectivity index is 2.72. The number of allylic oxidation sites excluding steroid dienone is 1. The van der Waals surface area contributed by atoms with Gasteiger partial charge in [0.2, 0.25) is 0 Å². The predicted molar refractivity (Wildman–Crippen MR) is 49.9 cm³/mol. The van der Waals surface area contributed by atoms with Crippen molar-refractivity contribution in [1.82, 2.24) is 0 Å². The molecule has 0 bridgehead atoms. The highest BCUT2D eigenvalue weighted by molar-refractivity contribution is 8.37. The van der Waals surface area contributed by atoms with Crippen LogP contribution in [0.25, 0.3) is 0 Å². The highest BCUT2D eigenvalue weighted by Gasteiger charge is 2.24. The van der Waals surface area contributed by atoms with E-state index in [0.717, 1.165) is 6.42 Å². The molecule has 0 saturated heterocycles. The van der Waals surface area contributed by atoms with Gasteiger partial charge in [0.25, 0.3) is 0 Å². The van der Waals surface area contributed by atoms with Gasteiger partial charge in [-0.1, -0.05) is 12.0 Å². The highest BCUT2D eigenvalue weighted by atomic mass is 32.3. The lowest BCUT2D eigenvalue weighted by Gasteiger charge is -2.26. The largest absolute Gasteiger partial charge is 0.208 e. The molecule has 0 atom stereocenters. The molecule has 1 heterocycles. The van der Waals surface area contributed by atoms with Gasteiger partial charge >= 0.3 is 0 Å². The second-order valence-corrected chi connectivity index (χ2v) is 6.36. The molecule has 10 heavy (non-hydrogen) atoms. The Morgan fingerprint density at radius 1 is 1.50 bits per heavy atom. The maximum absolute atomic E-state index is 3.18. The van der Waals surface area contributed by atoms with Crippen LogP contribution in [0.3, 0.4) is 0 Å². The maximum atomic E-state index is 3.18. The predicted octanol–water partition coefficient (Wildman–Crippen LogP) is 2.52. The monoisotopic (exact) mass is 153 g/mol. The van der Waals surface area contributed by atoms with Crippen molar-refractivity contribution in [2.45, 2.75) is 13.3 Å². The van der Waals surface area contributed by atoms with E-state index in [1.165, 1.54) is 5.25 Å². The average Bonchev–Trinajstić information content (AvgIpc) is 2.13. The quantitative estimate of drug-likeness (QED) is 0.469. The molecule has 0 spiro atoms. The minimum absolute atomic E-state index is 0.587. The SMILES string of the molecule is CC#C[C]1CC=CS1(C)C. The summed E-state index contributed by atoms with van der Waals surface area (Å²) in [6.45, 7) is 1.90. The molecule has 0 aromatic carbocycles. The standard InChI is InChI=1S/C9H13S/c1-4-6-9-7-5-8-10(9,2)3/h5,8H,7H2,1-3H3. The van der Waals surface area contributed by atoms with E-state index in [2.05, 4.69) is 35.8 Å². The fourth-order valence-corrected chi connectivity index (χ4v) is 2.65. The third-order valence-corrected chi connectivity index (χ3v) is 4.05. The van der Waals surface area contributed by atoms with Gasteiger partial charge in [-0.05, 0) is 31.3 Å². The molecule has 1 radical (unpaired) electrons. The fraction of sp³-hybridized carbons (Fsp3) is 0.444. The molecule has 0 saturated carbocycles. The van der Waals surface area contributed by atoms with Gasteiger partial charge in [-0.2, -0.15) is 0 Å². The van der Waals surface area contributed by atoms with Crippen LogP contribution in [0.2, 0.25) is 0 Å². The van der Waals surface area contributed by atoms with E-state index in [4.69, 9.17) is 0 Å². The Bertz CT molecular complexity index is 203. The van der Waals surface area contributed by atoms with Crippen LogP contribution in [0.1, 0.15) is 13.3 Å². The van der Waals surface area contributed by atoms with E-state index in [9.17, 15) is 0 Å². The Labute approximate surface area is 65.0 Å². The zero-order chi connectivity index (χ0) is 7.61. The Hall–Kier alpha value is -0.350. The molecular formula is C9H13S. The van der Waals surface area contributed by atoms with Crippen molar-refractivity contribution >= 4 is 10.0 Å². The summed E-state index contributed by atoms with van der Waals surface area (Å²) >= 11 is 0. The highest BCUT2D eigenvalue weighted by Crippen LogP contribution is 2.57. The van der Waals surface area contributed by atoms with E-state index >= 15 is 0 Å². The van der Waals surface area contributed by atoms with Crippen molar-refractivity contribution < 1.29 is 0 Å². The Kier molecular flexibility index (Phi) is 2.11. The van der Waals surface area contributed by atoms with E-state index in [-0.39, 0.29) is 0 Å². The molecule has 0 unspecified atom stereocenters. The van der Waals surface area contributed by atoms with Crippen LogP contribution >= 0.6 is 10.0 Å². The molecule has 0 nitrogen and oxygen atoms in total. The lowest BCUT2D eigenvalue weighted by atomic mass is 10.3. The average molecular weight is 153 g/mol. The van der Waals surface area contributed by atoms with Crippen molar-refractivity contribution in [2.75, 3.05) is 12.5 Å². The van der Waals surface area contributed by atoms with Crippen LogP contribution in [-0.4, -0.2) is 12.5 Å². The van der Waals surface area contributed by atoms with Gasteiger partial charge < -0.3 is 0 Å². The number of hydrogen-bond acceptors (Lipinski definition) is 0. The fourth-order valence-electron chi connectivity index (χ4n) is 1.01. The maximum Gasteiger partial charge on any atom is 0.0925 e. The van der Waals surface area contributed by atoms with Crippen molar-refractivity contribution in [3.63, 3.8) is 0 Å². The van der Waals surface area contributed by atoms with Gasteiger partial charge in [0.1, 0.15) is 0 Å². The molecular weight excluding hydrogens is 140 g/mol. The van der Waals surface area contributed by atoms with Crippen molar-refractivity contribution in [3.8, 4) is 11.8 Å². The van der Waals surface area contributed by atoms with Crippen LogP contribution in [0.4, 0.5) is 0 Å². The minimum atomic E-state index is -0.587. The van der Waals surface area contributed by atoms with Crippen LogP contribution in [0.15, 0.2) is 11.5 Å². The molecule has 0 aromatic rings. The molecule has 55 valence electrons. The van der Waals surface area contributed by atoms with Gasteiger partial charge in [-0.25, -0.2) is 10.0 Å². The summed E-state index contributed by atoms with van der Waals surface area (Å²) in [6.07, 6.45) is 7.89. The number of rotatable bonds is 0. The van der Waals surface area contributed by atoms with E-state index < -0.39 is 10.0 Å². The number of hydrogen-bond donors (Lipinski definition) is 0. The molecule has 1 aliphatic rings. The summed E-state index contributed by atoms with van der Waals surface area (Å²) in [7, 11) is -0.587. The van der Waals surface area contributed by atoms with Crippen molar-refractivity contribution in [2.24, 2.45) is 0 Å². The normalized spacial score (nSPS) is 25.5. The van der Waals surface area contributed by atoms with Gasteiger partial charge in [0.15, 0.2) is 0 Å². The molecule has 0 aliphatic carbocycles. The molecule has 1 aliphatic heterocycles. The molecule has 0 aromatic heterocycles. The van der Waals surface area contributed by atoms with E-state index in [1.54, 1.807) is 0 Å². The first-order valence-corrected chi connectivity index (χ1v) is 5.86. The lowest BCUT2D eigenvalue weighted by Crippen LogP contribution is -1.97. The van der Waals surface area contributed by atoms with Crippen LogP contribution in [0, 0.1) is 17.1 Å². The summed E-state index contributed by atoms with van der Waals surface area (Å²) < 4.78 is 0. The summed E-state index contributed by atoms with van der Waals surface area (Å²) in [5, 5.41) is 3.74. The first kappa shape index (κ1) is 7.75. The van der Waals surface area contributed by atoms with E-state index in [1.807, 2.05) is 6.92 Å². The molecule has 0 amide bonds. The smallest absolute Gasteiger partial charge is 0.0925 e. The van der Waals surface area contributed by atoms with Crippen molar-refractivity contribution in [3.05, 3.63) is 16.7 Å². The van der Waals surface area contributed by atoms with Gasteiger partial charge in [0.05, 0.1) is 5.25 Å². The van der Waals surface area contributed by atoms with E-state index in [0.29, 0.717) is 0 Å². The Morgan fingerprint density at radius 2 is 2.20 bits per heavy atom.